The maximum atomic E-state index is 12.2. The van der Waals surface area contributed by atoms with Gasteiger partial charge in [0.2, 0.25) is 0 Å². The highest BCUT2D eigenvalue weighted by Crippen LogP contribution is 2.59. The highest BCUT2D eigenvalue weighted by Gasteiger charge is 2.43. The molecule has 1 aliphatic heterocycles. The lowest BCUT2D eigenvalue weighted by molar-refractivity contribution is 0.321. The van der Waals surface area contributed by atoms with Crippen molar-refractivity contribution in [2.24, 2.45) is 0 Å². The molecule has 110 valence electrons. The van der Waals surface area contributed by atoms with Crippen molar-refractivity contribution in [1.29, 1.82) is 0 Å². The van der Waals surface area contributed by atoms with E-state index in [4.69, 9.17) is 9.05 Å². The molecule has 22 heavy (non-hydrogen) atoms. The van der Waals surface area contributed by atoms with E-state index in [0.717, 1.165) is 22.2 Å². The topological polar surface area (TPSA) is 64.2 Å². The summed E-state index contributed by atoms with van der Waals surface area (Å²) in [5, 5.41) is 8.69. The fourth-order valence-electron chi connectivity index (χ4n) is 2.53. The fourth-order valence-corrected chi connectivity index (χ4v) is 3.86. The number of hydrogen-bond donors (Lipinski definition) is 1. The highest BCUT2D eigenvalue weighted by molar-refractivity contribution is 7.64. The molecule has 2 heterocycles. The number of hydrogen-bond acceptors (Lipinski definition) is 4. The zero-order chi connectivity index (χ0) is 15.2. The summed E-state index contributed by atoms with van der Waals surface area (Å²) in [6, 6.07) is 13.6. The van der Waals surface area contributed by atoms with Gasteiger partial charge in [0.15, 0.2) is 5.75 Å². The van der Waals surface area contributed by atoms with Crippen LogP contribution in [0.1, 0.15) is 11.3 Å². The van der Waals surface area contributed by atoms with Gasteiger partial charge in [-0.05, 0) is 23.8 Å². The first-order valence-corrected chi connectivity index (χ1v) is 8.36. The molecule has 1 atom stereocenters. The Bertz CT molecular complexity index is 931. The minimum atomic E-state index is -3.11. The van der Waals surface area contributed by atoms with Crippen LogP contribution in [0, 0.1) is 0 Å². The van der Waals surface area contributed by atoms with Gasteiger partial charge in [-0.15, -0.1) is 0 Å². The van der Waals surface area contributed by atoms with Crippen LogP contribution in [0.15, 0.2) is 42.5 Å². The van der Waals surface area contributed by atoms with E-state index < -0.39 is 7.60 Å². The molecule has 6 heteroatoms. The van der Waals surface area contributed by atoms with Crippen molar-refractivity contribution >= 4 is 36.0 Å². The second kappa shape index (κ2) is 4.83. The van der Waals surface area contributed by atoms with E-state index in [1.807, 2.05) is 48.6 Å². The van der Waals surface area contributed by atoms with E-state index in [-0.39, 0.29) is 0 Å². The average Bonchev–Trinajstić information content (AvgIpc) is 2.95. The predicted octanol–water partition coefficient (Wildman–Crippen LogP) is 3.59. The molecule has 3 aromatic rings. The summed E-state index contributed by atoms with van der Waals surface area (Å²) >= 11 is 0. The molecule has 0 saturated heterocycles. The minimum Gasteiger partial charge on any atom is -0.419 e. The second-order valence-corrected chi connectivity index (χ2v) is 6.99. The minimum absolute atomic E-state index is 0.587. The summed E-state index contributed by atoms with van der Waals surface area (Å²) in [7, 11) is -1.72. The molecule has 0 amide bonds. The molecule has 0 bridgehead atoms. The standard InChI is InChI=1S/C16H13N2O3P/c1-20-22(19)14-10-9-13-15(16(14)21-22)12(17-18-13)8-7-11-5-3-2-4-6-11/h2-10H,1H3,(H,17,18)/b8-7+. The molecule has 1 N–H and O–H groups in total. The van der Waals surface area contributed by atoms with Gasteiger partial charge in [-0.1, -0.05) is 36.4 Å². The van der Waals surface area contributed by atoms with E-state index >= 15 is 0 Å². The van der Waals surface area contributed by atoms with Crippen molar-refractivity contribution in [3.05, 3.63) is 53.7 Å². The summed E-state index contributed by atoms with van der Waals surface area (Å²) in [5.74, 6) is 0.587. The SMILES string of the molecule is COP1(=O)Oc2c1ccc1[nH]nc(/C=C/c3ccccc3)c21. The molecule has 0 radical (unpaired) electrons. The van der Waals surface area contributed by atoms with Crippen LogP contribution in [0.25, 0.3) is 23.1 Å². The van der Waals surface area contributed by atoms with Gasteiger partial charge in [-0.2, -0.15) is 5.10 Å². The van der Waals surface area contributed by atoms with Crippen LogP contribution < -0.4 is 9.83 Å². The van der Waals surface area contributed by atoms with Gasteiger partial charge in [0, 0.05) is 7.11 Å². The third kappa shape index (κ3) is 1.90. The zero-order valence-electron chi connectivity index (χ0n) is 11.8. The number of aromatic amines is 1. The second-order valence-electron chi connectivity index (χ2n) is 4.96. The van der Waals surface area contributed by atoms with Gasteiger partial charge in [-0.25, -0.2) is 4.57 Å². The summed E-state index contributed by atoms with van der Waals surface area (Å²) in [4.78, 5) is 0. The number of rotatable bonds is 3. The molecule has 1 aliphatic rings. The third-order valence-corrected chi connectivity index (χ3v) is 5.52. The number of aromatic nitrogens is 2. The number of nitrogens with zero attached hydrogens (tertiary/aromatic N) is 1. The van der Waals surface area contributed by atoms with Gasteiger partial charge < -0.3 is 4.52 Å². The number of benzene rings is 2. The van der Waals surface area contributed by atoms with Crippen LogP contribution in [-0.2, 0) is 9.09 Å². The zero-order valence-corrected chi connectivity index (χ0v) is 12.7. The quantitative estimate of drug-likeness (QED) is 0.751. The van der Waals surface area contributed by atoms with Crippen molar-refractivity contribution in [1.82, 2.24) is 10.2 Å². The molecule has 0 aliphatic carbocycles. The Balaban J connectivity index is 1.80. The lowest BCUT2D eigenvalue weighted by Gasteiger charge is -2.28. The van der Waals surface area contributed by atoms with Gasteiger partial charge >= 0.3 is 7.60 Å². The molecule has 0 fully saturated rings. The normalized spacial score (nSPS) is 19.9. The summed E-state index contributed by atoms with van der Waals surface area (Å²) in [6.07, 6.45) is 3.89. The first-order valence-electron chi connectivity index (χ1n) is 6.81. The Morgan fingerprint density at radius 2 is 2.00 bits per heavy atom. The monoisotopic (exact) mass is 312 g/mol. The summed E-state index contributed by atoms with van der Waals surface area (Å²) in [5.41, 5.74) is 2.67. The van der Waals surface area contributed by atoms with Crippen molar-refractivity contribution in [3.63, 3.8) is 0 Å². The highest BCUT2D eigenvalue weighted by atomic mass is 31.2. The number of H-pyrrole nitrogens is 1. The van der Waals surface area contributed by atoms with Gasteiger partial charge in [0.1, 0.15) is 5.30 Å². The molecule has 0 saturated carbocycles. The largest absolute Gasteiger partial charge is 0.419 e. The molecule has 1 aromatic heterocycles. The van der Waals surface area contributed by atoms with Crippen LogP contribution in [0.3, 0.4) is 0 Å². The van der Waals surface area contributed by atoms with Gasteiger partial charge in [-0.3, -0.25) is 9.62 Å². The molecule has 5 nitrogen and oxygen atoms in total. The van der Waals surface area contributed by atoms with Crippen LogP contribution in [-0.4, -0.2) is 17.3 Å². The average molecular weight is 312 g/mol. The Morgan fingerprint density at radius 3 is 2.77 bits per heavy atom. The lowest BCUT2D eigenvalue weighted by atomic mass is 10.1. The van der Waals surface area contributed by atoms with Crippen LogP contribution in [0.2, 0.25) is 0 Å². The van der Waals surface area contributed by atoms with Gasteiger partial charge in [0.05, 0.1) is 16.6 Å². The van der Waals surface area contributed by atoms with Crippen molar-refractivity contribution in [2.75, 3.05) is 7.11 Å². The number of nitrogens with one attached hydrogen (secondary N) is 1. The van der Waals surface area contributed by atoms with Crippen LogP contribution in [0.5, 0.6) is 5.75 Å². The van der Waals surface area contributed by atoms with Crippen LogP contribution in [0.4, 0.5) is 0 Å². The van der Waals surface area contributed by atoms with E-state index in [0.29, 0.717) is 11.1 Å². The molecular weight excluding hydrogens is 299 g/mol. The smallest absolute Gasteiger partial charge is 0.414 e. The lowest BCUT2D eigenvalue weighted by Crippen LogP contribution is -2.24. The molecule has 2 aromatic carbocycles. The Kier molecular flexibility index (Phi) is 2.93. The molecule has 1 unspecified atom stereocenters. The van der Waals surface area contributed by atoms with E-state index in [1.165, 1.54) is 7.11 Å². The first-order chi connectivity index (χ1) is 10.7. The van der Waals surface area contributed by atoms with Crippen LogP contribution >= 0.6 is 7.60 Å². The third-order valence-electron chi connectivity index (χ3n) is 3.67. The fraction of sp³-hybridized carbons (Fsp3) is 0.0625. The Hall–Kier alpha value is -2.36. The molecular formula is C16H13N2O3P. The molecule has 4 rings (SSSR count). The van der Waals surface area contributed by atoms with Crippen molar-refractivity contribution in [2.45, 2.75) is 0 Å². The maximum absolute atomic E-state index is 12.2. The molecule has 0 spiro atoms. The summed E-state index contributed by atoms with van der Waals surface area (Å²) < 4.78 is 22.6. The van der Waals surface area contributed by atoms with Gasteiger partial charge in [0.25, 0.3) is 0 Å². The van der Waals surface area contributed by atoms with E-state index in [9.17, 15) is 4.57 Å². The van der Waals surface area contributed by atoms with Crippen molar-refractivity contribution in [3.8, 4) is 5.75 Å². The number of fused-ring (bicyclic) bond motifs is 3. The first kappa shape index (κ1) is 13.3. The predicted molar refractivity (Wildman–Crippen MR) is 86.3 cm³/mol. The van der Waals surface area contributed by atoms with E-state index in [2.05, 4.69) is 10.2 Å². The van der Waals surface area contributed by atoms with E-state index in [1.54, 1.807) is 6.07 Å². The van der Waals surface area contributed by atoms with Crippen molar-refractivity contribution < 1.29 is 13.6 Å². The maximum Gasteiger partial charge on any atom is 0.414 e. The Morgan fingerprint density at radius 1 is 1.18 bits per heavy atom. The summed E-state index contributed by atoms with van der Waals surface area (Å²) in [6.45, 7) is 0. The Labute approximate surface area is 127 Å².